The highest BCUT2D eigenvalue weighted by Crippen LogP contribution is 2.34. The van der Waals surface area contributed by atoms with E-state index in [0.29, 0.717) is 11.7 Å². The molecule has 1 unspecified atom stereocenters. The first-order valence-corrected chi connectivity index (χ1v) is 14.3. The van der Waals surface area contributed by atoms with Crippen LogP contribution in [0.3, 0.4) is 0 Å². The van der Waals surface area contributed by atoms with Crippen molar-refractivity contribution in [1.29, 1.82) is 0 Å². The van der Waals surface area contributed by atoms with Gasteiger partial charge in [0.15, 0.2) is 11.4 Å². The van der Waals surface area contributed by atoms with Crippen LogP contribution in [0.1, 0.15) is 22.9 Å². The third kappa shape index (κ3) is 4.77. The van der Waals surface area contributed by atoms with E-state index in [9.17, 15) is 0 Å². The van der Waals surface area contributed by atoms with Gasteiger partial charge >= 0.3 is 0 Å². The lowest BCUT2D eigenvalue weighted by atomic mass is 9.98. The number of hydrogen-bond acceptors (Lipinski definition) is 5. The number of aromatic nitrogens is 1. The van der Waals surface area contributed by atoms with E-state index in [2.05, 4.69) is 66.0 Å². The molecule has 6 aromatic carbocycles. The normalized spacial score (nSPS) is 14.7. The van der Waals surface area contributed by atoms with E-state index >= 15 is 0 Å². The molecule has 0 spiro atoms. The van der Waals surface area contributed by atoms with Crippen molar-refractivity contribution >= 4 is 33.5 Å². The molecule has 0 saturated heterocycles. The number of amidine groups is 2. The molecule has 8 rings (SSSR count). The topological polar surface area (TPSA) is 62.8 Å². The van der Waals surface area contributed by atoms with Crippen LogP contribution in [0.25, 0.3) is 44.5 Å². The molecule has 1 aliphatic rings. The summed E-state index contributed by atoms with van der Waals surface area (Å²) in [5.41, 5.74) is 7.86. The van der Waals surface area contributed by atoms with Crippen LogP contribution in [-0.4, -0.2) is 16.7 Å². The fourth-order valence-electron chi connectivity index (χ4n) is 5.56. The number of benzene rings is 6. The Morgan fingerprint density at radius 3 is 1.98 bits per heavy atom. The zero-order valence-corrected chi connectivity index (χ0v) is 23.2. The summed E-state index contributed by atoms with van der Waals surface area (Å²) in [5.74, 6) is 2.14. The number of oxazole rings is 1. The van der Waals surface area contributed by atoms with E-state index < -0.39 is 0 Å². The summed E-state index contributed by atoms with van der Waals surface area (Å²) in [6.07, 6.45) is -0.294. The lowest BCUT2D eigenvalue weighted by molar-refractivity contribution is 0.623. The summed E-state index contributed by atoms with van der Waals surface area (Å²) in [5, 5.41) is 5.72. The van der Waals surface area contributed by atoms with Crippen LogP contribution in [0, 0.1) is 0 Å². The van der Waals surface area contributed by atoms with Gasteiger partial charge in [0.2, 0.25) is 5.89 Å². The van der Waals surface area contributed by atoms with Crippen LogP contribution in [0.5, 0.6) is 0 Å². The van der Waals surface area contributed by atoms with E-state index in [1.165, 1.54) is 0 Å². The summed E-state index contributed by atoms with van der Waals surface area (Å²) < 4.78 is 6.33. The van der Waals surface area contributed by atoms with Crippen LogP contribution in [0.4, 0.5) is 0 Å². The van der Waals surface area contributed by atoms with Gasteiger partial charge < -0.3 is 9.73 Å². The largest absolute Gasteiger partial charge is 0.435 e. The van der Waals surface area contributed by atoms with Crippen LogP contribution in [0.2, 0.25) is 0 Å². The van der Waals surface area contributed by atoms with Gasteiger partial charge in [-0.25, -0.2) is 15.0 Å². The van der Waals surface area contributed by atoms with Gasteiger partial charge in [-0.3, -0.25) is 0 Å². The predicted octanol–water partition coefficient (Wildman–Crippen LogP) is 8.81. The number of aliphatic imine (C=N–C) groups is 2. The van der Waals surface area contributed by atoms with Gasteiger partial charge in [-0.2, -0.15) is 0 Å². The van der Waals surface area contributed by atoms with Gasteiger partial charge in [0.25, 0.3) is 0 Å². The summed E-state index contributed by atoms with van der Waals surface area (Å²) in [6.45, 7) is 0. The molecule has 204 valence electrons. The molecule has 2 heterocycles. The number of rotatable bonds is 5. The molecule has 7 aromatic rings. The minimum absolute atomic E-state index is 0.294. The average molecular weight is 555 g/mol. The molecule has 0 aliphatic carbocycles. The quantitative estimate of drug-likeness (QED) is 0.231. The van der Waals surface area contributed by atoms with Crippen molar-refractivity contribution in [1.82, 2.24) is 10.3 Å². The smallest absolute Gasteiger partial charge is 0.227 e. The maximum atomic E-state index is 6.33. The maximum Gasteiger partial charge on any atom is 0.227 e. The maximum absolute atomic E-state index is 6.33. The van der Waals surface area contributed by atoms with E-state index in [1.54, 1.807) is 0 Å². The van der Waals surface area contributed by atoms with Crippen molar-refractivity contribution < 1.29 is 4.42 Å². The van der Waals surface area contributed by atoms with Gasteiger partial charge in [-0.05, 0) is 52.4 Å². The molecule has 5 nitrogen and oxygen atoms in total. The molecule has 43 heavy (non-hydrogen) atoms. The Morgan fingerprint density at radius 1 is 0.558 bits per heavy atom. The van der Waals surface area contributed by atoms with Gasteiger partial charge in [-0.1, -0.05) is 115 Å². The predicted molar refractivity (Wildman–Crippen MR) is 174 cm³/mol. The van der Waals surface area contributed by atoms with Crippen molar-refractivity contribution in [2.75, 3.05) is 0 Å². The van der Waals surface area contributed by atoms with Crippen molar-refractivity contribution in [2.45, 2.75) is 6.17 Å². The number of nitrogens with zero attached hydrogens (tertiary/aromatic N) is 3. The minimum atomic E-state index is -0.294. The fourth-order valence-corrected chi connectivity index (χ4v) is 5.56. The number of hydrogen-bond donors (Lipinski definition) is 1. The second-order valence-corrected chi connectivity index (χ2v) is 10.6. The fraction of sp³-hybridized carbons (Fsp3) is 0.0263. The molecular weight excluding hydrogens is 528 g/mol. The van der Waals surface area contributed by atoms with E-state index in [-0.39, 0.29) is 6.17 Å². The summed E-state index contributed by atoms with van der Waals surface area (Å²) in [7, 11) is 0. The highest BCUT2D eigenvalue weighted by molar-refractivity contribution is 6.13. The van der Waals surface area contributed by atoms with Gasteiger partial charge in [0, 0.05) is 22.1 Å². The molecule has 0 radical (unpaired) electrons. The SMILES string of the molecule is c1ccc(C2=NC(c3cccc(-c4ccc5ccc6nc(-c7ccccc7)oc6c5c4)c3)NC(c3ccccc3)=N2)cc1. The molecular formula is C38H26N4O. The molecule has 1 atom stereocenters. The summed E-state index contributed by atoms with van der Waals surface area (Å²) in [6, 6.07) is 49.5. The van der Waals surface area contributed by atoms with Gasteiger partial charge in [-0.15, -0.1) is 0 Å². The average Bonchev–Trinajstić information content (AvgIpc) is 3.54. The molecule has 0 bridgehead atoms. The van der Waals surface area contributed by atoms with Gasteiger partial charge in [0.1, 0.15) is 17.5 Å². The summed E-state index contributed by atoms with van der Waals surface area (Å²) >= 11 is 0. The molecule has 0 amide bonds. The summed E-state index contributed by atoms with van der Waals surface area (Å²) in [4.78, 5) is 14.7. The zero-order chi connectivity index (χ0) is 28.6. The van der Waals surface area contributed by atoms with E-state index in [1.807, 2.05) is 84.9 Å². The Bertz CT molecular complexity index is 2150. The molecule has 0 saturated carbocycles. The first-order chi connectivity index (χ1) is 21.3. The monoisotopic (exact) mass is 554 g/mol. The van der Waals surface area contributed by atoms with Crippen LogP contribution < -0.4 is 5.32 Å². The van der Waals surface area contributed by atoms with Crippen LogP contribution in [-0.2, 0) is 0 Å². The first-order valence-electron chi connectivity index (χ1n) is 14.3. The van der Waals surface area contributed by atoms with Crippen LogP contribution in [0.15, 0.2) is 160 Å². The molecule has 1 aliphatic heterocycles. The van der Waals surface area contributed by atoms with Crippen molar-refractivity contribution in [3.05, 3.63) is 162 Å². The van der Waals surface area contributed by atoms with E-state index in [0.717, 1.165) is 61.1 Å². The zero-order valence-electron chi connectivity index (χ0n) is 23.2. The lowest BCUT2D eigenvalue weighted by Gasteiger charge is -2.24. The second-order valence-electron chi connectivity index (χ2n) is 10.6. The van der Waals surface area contributed by atoms with Gasteiger partial charge in [0.05, 0.1) is 0 Å². The Morgan fingerprint density at radius 2 is 1.21 bits per heavy atom. The number of nitrogens with one attached hydrogen (secondary N) is 1. The van der Waals surface area contributed by atoms with E-state index in [4.69, 9.17) is 19.4 Å². The standard InChI is InChI=1S/C38H26N4O/c1-4-11-26(12-5-1)35-40-36(27-13-6-2-7-14-27)42-37(41-35)31-18-10-17-29(23-31)30-20-19-25-21-22-33-34(32(25)24-30)43-38(39-33)28-15-8-3-9-16-28/h1-24,37H,(H,40,41,42). The second kappa shape index (κ2) is 10.5. The van der Waals surface area contributed by atoms with Crippen LogP contribution >= 0.6 is 0 Å². The third-order valence-electron chi connectivity index (χ3n) is 7.75. The molecule has 1 aromatic heterocycles. The Labute approximate surface area is 248 Å². The van der Waals surface area contributed by atoms with Crippen molar-refractivity contribution in [3.8, 4) is 22.6 Å². The Balaban J connectivity index is 1.19. The highest BCUT2D eigenvalue weighted by Gasteiger charge is 2.21. The number of fused-ring (bicyclic) bond motifs is 3. The molecule has 0 fully saturated rings. The van der Waals surface area contributed by atoms with Crippen molar-refractivity contribution in [3.63, 3.8) is 0 Å². The first kappa shape index (κ1) is 24.9. The Hall–Kier alpha value is -5.81. The minimum Gasteiger partial charge on any atom is -0.435 e. The lowest BCUT2D eigenvalue weighted by Crippen LogP contribution is -2.33. The molecule has 5 heteroatoms. The molecule has 1 N–H and O–H groups in total. The van der Waals surface area contributed by atoms with Crippen molar-refractivity contribution in [2.24, 2.45) is 9.98 Å². The highest BCUT2D eigenvalue weighted by atomic mass is 16.3. The third-order valence-corrected chi connectivity index (χ3v) is 7.75. The Kier molecular flexibility index (Phi) is 6.12.